The second kappa shape index (κ2) is 4.89. The summed E-state index contributed by atoms with van der Waals surface area (Å²) in [6.07, 6.45) is -0.229. The van der Waals surface area contributed by atoms with Crippen molar-refractivity contribution in [2.45, 2.75) is 13.0 Å². The molecule has 1 N–H and O–H groups in total. The Morgan fingerprint density at radius 2 is 2.18 bits per heavy atom. The normalized spacial score (nSPS) is 12.4. The first-order valence-corrected chi connectivity index (χ1v) is 5.90. The van der Waals surface area contributed by atoms with Gasteiger partial charge < -0.3 is 9.30 Å². The summed E-state index contributed by atoms with van der Waals surface area (Å²) in [5.74, 6) is 1.37. The Labute approximate surface area is 109 Å². The number of rotatable bonds is 3. The Kier molecular flexibility index (Phi) is 3.49. The van der Waals surface area contributed by atoms with Crippen LogP contribution in [0.5, 0.6) is 5.75 Å². The van der Waals surface area contributed by atoms with E-state index in [0.29, 0.717) is 15.5 Å². The first-order chi connectivity index (χ1) is 8.09. The van der Waals surface area contributed by atoms with Crippen LogP contribution in [0.15, 0.2) is 24.3 Å². The fraction of sp³-hybridized carbons (Fsp3) is 0.273. The zero-order valence-electron chi connectivity index (χ0n) is 9.48. The van der Waals surface area contributed by atoms with Gasteiger partial charge in [-0.1, -0.05) is 23.7 Å². The number of aromatic amines is 1. The molecule has 0 saturated heterocycles. The second-order valence-corrected chi connectivity index (χ2v) is 4.43. The Morgan fingerprint density at radius 1 is 1.47 bits per heavy atom. The fourth-order valence-electron chi connectivity index (χ4n) is 1.51. The quantitative estimate of drug-likeness (QED) is 0.870. The van der Waals surface area contributed by atoms with E-state index in [1.165, 1.54) is 0 Å². The predicted octanol–water partition coefficient (Wildman–Crippen LogP) is 3.27. The highest BCUT2D eigenvalue weighted by Gasteiger charge is 2.14. The SMILES string of the molecule is CC(Oc1ccccc1Cl)c1n[nH]c(=S)n1C. The van der Waals surface area contributed by atoms with Crippen molar-refractivity contribution < 1.29 is 4.74 Å². The van der Waals surface area contributed by atoms with Crippen LogP contribution < -0.4 is 4.74 Å². The van der Waals surface area contributed by atoms with Crippen LogP contribution >= 0.6 is 23.8 Å². The van der Waals surface area contributed by atoms with Crippen LogP contribution in [0.3, 0.4) is 0 Å². The molecule has 4 nitrogen and oxygen atoms in total. The molecule has 0 amide bonds. The van der Waals surface area contributed by atoms with Gasteiger partial charge >= 0.3 is 0 Å². The molecule has 0 radical (unpaired) electrons. The van der Waals surface area contributed by atoms with Crippen molar-refractivity contribution in [2.24, 2.45) is 7.05 Å². The third-order valence-electron chi connectivity index (χ3n) is 2.42. The summed E-state index contributed by atoms with van der Waals surface area (Å²) in [6, 6.07) is 7.33. The molecule has 17 heavy (non-hydrogen) atoms. The predicted molar refractivity (Wildman–Crippen MR) is 68.9 cm³/mol. The van der Waals surface area contributed by atoms with Gasteiger partial charge in [-0.25, -0.2) is 0 Å². The molecule has 6 heteroatoms. The Hall–Kier alpha value is -1.33. The number of aromatic nitrogens is 3. The molecule has 90 valence electrons. The monoisotopic (exact) mass is 269 g/mol. The van der Waals surface area contributed by atoms with Gasteiger partial charge in [-0.05, 0) is 31.3 Å². The van der Waals surface area contributed by atoms with Crippen molar-refractivity contribution in [3.63, 3.8) is 0 Å². The molecule has 0 saturated carbocycles. The van der Waals surface area contributed by atoms with E-state index in [9.17, 15) is 0 Å². The van der Waals surface area contributed by atoms with Crippen LogP contribution in [0, 0.1) is 4.77 Å². The molecule has 2 rings (SSSR count). The minimum absolute atomic E-state index is 0.229. The topological polar surface area (TPSA) is 42.8 Å². The zero-order valence-corrected chi connectivity index (χ0v) is 11.0. The zero-order chi connectivity index (χ0) is 12.4. The van der Waals surface area contributed by atoms with Gasteiger partial charge in [0.1, 0.15) is 5.75 Å². The van der Waals surface area contributed by atoms with E-state index in [1.807, 2.05) is 32.2 Å². The van der Waals surface area contributed by atoms with Gasteiger partial charge in [0.2, 0.25) is 0 Å². The van der Waals surface area contributed by atoms with E-state index in [1.54, 1.807) is 10.6 Å². The summed E-state index contributed by atoms with van der Waals surface area (Å²) in [4.78, 5) is 0. The molecule has 0 bridgehead atoms. The highest BCUT2D eigenvalue weighted by molar-refractivity contribution is 7.71. The van der Waals surface area contributed by atoms with Crippen LogP contribution in [0.1, 0.15) is 18.9 Å². The number of hydrogen-bond donors (Lipinski definition) is 1. The van der Waals surface area contributed by atoms with Crippen molar-refractivity contribution in [3.8, 4) is 5.75 Å². The van der Waals surface area contributed by atoms with Crippen molar-refractivity contribution in [1.29, 1.82) is 0 Å². The maximum absolute atomic E-state index is 6.02. The van der Waals surface area contributed by atoms with Gasteiger partial charge in [0.15, 0.2) is 16.7 Å². The molecule has 0 aliphatic rings. The largest absolute Gasteiger partial charge is 0.481 e. The number of hydrogen-bond acceptors (Lipinski definition) is 3. The van der Waals surface area contributed by atoms with Crippen molar-refractivity contribution in [1.82, 2.24) is 14.8 Å². The maximum atomic E-state index is 6.02. The Bertz CT molecular complexity index is 578. The maximum Gasteiger partial charge on any atom is 0.195 e. The summed E-state index contributed by atoms with van der Waals surface area (Å²) < 4.78 is 8.08. The van der Waals surface area contributed by atoms with Gasteiger partial charge in [-0.3, -0.25) is 5.10 Å². The lowest BCUT2D eigenvalue weighted by Gasteiger charge is -2.14. The van der Waals surface area contributed by atoms with Crippen LogP contribution in [0.25, 0.3) is 0 Å². The molecule has 2 aromatic rings. The van der Waals surface area contributed by atoms with Crippen molar-refractivity contribution in [3.05, 3.63) is 39.9 Å². The summed E-state index contributed by atoms with van der Waals surface area (Å²) in [5.41, 5.74) is 0. The van der Waals surface area contributed by atoms with Crippen LogP contribution in [0.2, 0.25) is 5.02 Å². The fourth-order valence-corrected chi connectivity index (χ4v) is 1.83. The van der Waals surface area contributed by atoms with E-state index in [2.05, 4.69) is 10.2 Å². The summed E-state index contributed by atoms with van der Waals surface area (Å²) >= 11 is 11.1. The number of nitrogens with zero attached hydrogens (tertiary/aromatic N) is 2. The molecule has 1 aromatic heterocycles. The van der Waals surface area contributed by atoms with E-state index in [4.69, 9.17) is 28.6 Å². The molecule has 0 fully saturated rings. The number of para-hydroxylation sites is 1. The van der Waals surface area contributed by atoms with Crippen LogP contribution in [-0.2, 0) is 7.05 Å². The van der Waals surface area contributed by atoms with Gasteiger partial charge in [0.25, 0.3) is 0 Å². The molecule has 1 aromatic carbocycles. The number of benzene rings is 1. The first kappa shape index (κ1) is 12.1. The van der Waals surface area contributed by atoms with E-state index >= 15 is 0 Å². The molecular weight excluding hydrogens is 258 g/mol. The number of ether oxygens (including phenoxy) is 1. The molecule has 0 spiro atoms. The second-order valence-electron chi connectivity index (χ2n) is 3.64. The number of halogens is 1. The van der Waals surface area contributed by atoms with Crippen molar-refractivity contribution in [2.75, 3.05) is 0 Å². The minimum atomic E-state index is -0.229. The highest BCUT2D eigenvalue weighted by Crippen LogP contribution is 2.27. The lowest BCUT2D eigenvalue weighted by Crippen LogP contribution is -2.09. The average Bonchev–Trinajstić information content (AvgIpc) is 2.63. The summed E-state index contributed by atoms with van der Waals surface area (Å²) in [6.45, 7) is 1.90. The number of H-pyrrole nitrogens is 1. The molecule has 0 aliphatic heterocycles. The van der Waals surface area contributed by atoms with Crippen LogP contribution in [0.4, 0.5) is 0 Å². The smallest absolute Gasteiger partial charge is 0.195 e. The summed E-state index contributed by atoms with van der Waals surface area (Å²) in [5, 5.41) is 7.42. The lowest BCUT2D eigenvalue weighted by atomic mass is 10.3. The molecule has 0 aliphatic carbocycles. The Morgan fingerprint density at radius 3 is 2.76 bits per heavy atom. The van der Waals surface area contributed by atoms with Gasteiger partial charge in [0, 0.05) is 7.05 Å². The van der Waals surface area contributed by atoms with E-state index in [-0.39, 0.29) is 6.10 Å². The highest BCUT2D eigenvalue weighted by atomic mass is 35.5. The summed E-state index contributed by atoms with van der Waals surface area (Å²) in [7, 11) is 1.84. The molecular formula is C11H12ClN3OS. The Balaban J connectivity index is 2.23. The lowest BCUT2D eigenvalue weighted by molar-refractivity contribution is 0.212. The minimum Gasteiger partial charge on any atom is -0.481 e. The third kappa shape index (κ3) is 2.50. The van der Waals surface area contributed by atoms with E-state index in [0.717, 1.165) is 5.82 Å². The molecule has 1 unspecified atom stereocenters. The first-order valence-electron chi connectivity index (χ1n) is 5.12. The molecule has 1 atom stereocenters. The van der Waals surface area contributed by atoms with Gasteiger partial charge in [0.05, 0.1) is 5.02 Å². The van der Waals surface area contributed by atoms with Crippen LogP contribution in [-0.4, -0.2) is 14.8 Å². The molecule has 1 heterocycles. The third-order valence-corrected chi connectivity index (χ3v) is 3.10. The average molecular weight is 270 g/mol. The van der Waals surface area contributed by atoms with Gasteiger partial charge in [-0.2, -0.15) is 5.10 Å². The van der Waals surface area contributed by atoms with Crippen molar-refractivity contribution >= 4 is 23.8 Å². The number of nitrogens with one attached hydrogen (secondary N) is 1. The standard InChI is InChI=1S/C11H12ClN3OS/c1-7(10-13-14-11(17)15(10)2)16-9-6-4-3-5-8(9)12/h3-7H,1-2H3,(H,14,17). The van der Waals surface area contributed by atoms with Gasteiger partial charge in [-0.15, -0.1) is 0 Å². The van der Waals surface area contributed by atoms with E-state index < -0.39 is 0 Å².